The Labute approximate surface area is 105 Å². The van der Waals surface area contributed by atoms with Crippen molar-refractivity contribution in [2.45, 2.75) is 32.9 Å². The molecule has 0 saturated carbocycles. The average Bonchev–Trinajstić information content (AvgIpc) is 2.22. The Morgan fingerprint density at radius 1 is 1.39 bits per heavy atom. The zero-order valence-corrected chi connectivity index (χ0v) is 11.2. The van der Waals surface area contributed by atoms with Crippen LogP contribution in [0.5, 0.6) is 0 Å². The van der Waals surface area contributed by atoms with Crippen LogP contribution >= 0.6 is 0 Å². The van der Waals surface area contributed by atoms with Crippen LogP contribution in [0.25, 0.3) is 0 Å². The van der Waals surface area contributed by atoms with Crippen LogP contribution in [-0.4, -0.2) is 37.7 Å². The van der Waals surface area contributed by atoms with Gasteiger partial charge in [0.15, 0.2) is 0 Å². The van der Waals surface area contributed by atoms with E-state index in [1.165, 1.54) is 0 Å². The fourth-order valence-electron chi connectivity index (χ4n) is 1.37. The van der Waals surface area contributed by atoms with Gasteiger partial charge in [-0.25, -0.2) is 12.7 Å². The third kappa shape index (κ3) is 6.81. The van der Waals surface area contributed by atoms with E-state index in [-0.39, 0.29) is 13.1 Å². The van der Waals surface area contributed by atoms with Gasteiger partial charge in [0, 0.05) is 19.5 Å². The summed E-state index contributed by atoms with van der Waals surface area (Å²) in [6.45, 7) is 3.32. The largest absolute Gasteiger partial charge is 0.389 e. The molecule has 18 heavy (non-hydrogen) atoms. The van der Waals surface area contributed by atoms with E-state index in [1.807, 2.05) is 6.07 Å². The second kappa shape index (κ2) is 6.95. The van der Waals surface area contributed by atoms with E-state index in [0.29, 0.717) is 0 Å². The van der Waals surface area contributed by atoms with Crippen molar-refractivity contribution in [1.82, 2.24) is 4.31 Å². The van der Waals surface area contributed by atoms with Crippen LogP contribution in [0.2, 0.25) is 0 Å². The summed E-state index contributed by atoms with van der Waals surface area (Å²) in [7, 11) is -3.72. The summed E-state index contributed by atoms with van der Waals surface area (Å²) < 4.78 is 60.3. The Morgan fingerprint density at radius 3 is 2.33 bits per heavy atom. The first kappa shape index (κ1) is 17.2. The molecule has 0 rings (SSSR count). The molecule has 0 aromatic rings. The molecular formula is C10H17F3N2O2S. The summed E-state index contributed by atoms with van der Waals surface area (Å²) in [6, 6.07) is 1.90. The summed E-state index contributed by atoms with van der Waals surface area (Å²) in [5.74, 6) is -1.03. The normalized spacial score (nSPS) is 14.5. The molecule has 0 radical (unpaired) electrons. The van der Waals surface area contributed by atoms with Gasteiger partial charge in [0.1, 0.15) is 0 Å². The zero-order valence-electron chi connectivity index (χ0n) is 10.4. The predicted octanol–water partition coefficient (Wildman–Crippen LogP) is 2.14. The summed E-state index contributed by atoms with van der Waals surface area (Å²) in [6.07, 6.45) is -5.91. The third-order valence-corrected chi connectivity index (χ3v) is 4.31. The number of hydrogen-bond acceptors (Lipinski definition) is 3. The Kier molecular flexibility index (Phi) is 6.63. The second-order valence-corrected chi connectivity index (χ2v) is 6.10. The average molecular weight is 286 g/mol. The van der Waals surface area contributed by atoms with E-state index in [2.05, 4.69) is 0 Å². The maximum absolute atomic E-state index is 11.9. The van der Waals surface area contributed by atoms with Gasteiger partial charge >= 0.3 is 6.18 Å². The van der Waals surface area contributed by atoms with Crippen molar-refractivity contribution in [2.24, 2.45) is 5.92 Å². The SMILES string of the molecule is CCN(CC(C)C#N)S(=O)(=O)CCCC(F)(F)F. The molecule has 0 bridgehead atoms. The van der Waals surface area contributed by atoms with E-state index < -0.39 is 40.7 Å². The number of nitriles is 1. The first-order valence-electron chi connectivity index (χ1n) is 5.56. The molecule has 0 saturated heterocycles. The van der Waals surface area contributed by atoms with Crippen LogP contribution in [0.1, 0.15) is 26.7 Å². The fourth-order valence-corrected chi connectivity index (χ4v) is 2.98. The van der Waals surface area contributed by atoms with Gasteiger partial charge in [-0.1, -0.05) is 6.92 Å². The minimum atomic E-state index is -4.34. The zero-order chi connectivity index (χ0) is 14.4. The molecule has 0 aliphatic carbocycles. The first-order chi connectivity index (χ1) is 8.12. The molecule has 0 aliphatic heterocycles. The van der Waals surface area contributed by atoms with Gasteiger partial charge in [-0.05, 0) is 13.3 Å². The van der Waals surface area contributed by atoms with Gasteiger partial charge in [-0.3, -0.25) is 0 Å². The van der Waals surface area contributed by atoms with Crippen molar-refractivity contribution in [1.29, 1.82) is 5.26 Å². The van der Waals surface area contributed by atoms with Crippen LogP contribution < -0.4 is 0 Å². The van der Waals surface area contributed by atoms with E-state index in [9.17, 15) is 21.6 Å². The van der Waals surface area contributed by atoms with Gasteiger partial charge in [0.2, 0.25) is 10.0 Å². The van der Waals surface area contributed by atoms with Crippen molar-refractivity contribution in [3.8, 4) is 6.07 Å². The lowest BCUT2D eigenvalue weighted by Crippen LogP contribution is -2.36. The van der Waals surface area contributed by atoms with E-state index >= 15 is 0 Å². The summed E-state index contributed by atoms with van der Waals surface area (Å²) in [5, 5.41) is 8.61. The maximum Gasteiger partial charge on any atom is 0.389 e. The molecule has 0 fully saturated rings. The molecule has 0 amide bonds. The van der Waals surface area contributed by atoms with Crippen molar-refractivity contribution < 1.29 is 21.6 Å². The maximum atomic E-state index is 11.9. The molecule has 0 aromatic carbocycles. The molecule has 0 aromatic heterocycles. The van der Waals surface area contributed by atoms with Crippen molar-refractivity contribution in [3.05, 3.63) is 0 Å². The highest BCUT2D eigenvalue weighted by molar-refractivity contribution is 7.89. The number of alkyl halides is 3. The number of sulfonamides is 1. The van der Waals surface area contributed by atoms with Crippen LogP contribution in [0.3, 0.4) is 0 Å². The highest BCUT2D eigenvalue weighted by Gasteiger charge is 2.29. The lowest BCUT2D eigenvalue weighted by molar-refractivity contribution is -0.134. The molecule has 0 heterocycles. The lowest BCUT2D eigenvalue weighted by Gasteiger charge is -2.21. The van der Waals surface area contributed by atoms with Crippen molar-refractivity contribution >= 4 is 10.0 Å². The van der Waals surface area contributed by atoms with Gasteiger partial charge < -0.3 is 0 Å². The highest BCUT2D eigenvalue weighted by atomic mass is 32.2. The second-order valence-electron chi connectivity index (χ2n) is 4.02. The van der Waals surface area contributed by atoms with Crippen LogP contribution in [0.15, 0.2) is 0 Å². The summed E-state index contributed by atoms with van der Waals surface area (Å²) >= 11 is 0. The molecule has 8 heteroatoms. The minimum absolute atomic E-state index is 0.0152. The number of halogens is 3. The fraction of sp³-hybridized carbons (Fsp3) is 0.900. The molecule has 1 unspecified atom stereocenters. The van der Waals surface area contributed by atoms with Crippen LogP contribution in [0.4, 0.5) is 13.2 Å². The van der Waals surface area contributed by atoms with E-state index in [1.54, 1.807) is 13.8 Å². The molecule has 0 spiro atoms. The summed E-state index contributed by atoms with van der Waals surface area (Å²) in [4.78, 5) is 0. The first-order valence-corrected chi connectivity index (χ1v) is 7.17. The molecular weight excluding hydrogens is 269 g/mol. The Morgan fingerprint density at radius 2 is 1.94 bits per heavy atom. The number of nitrogens with zero attached hydrogens (tertiary/aromatic N) is 2. The molecule has 0 aliphatic rings. The Hall–Kier alpha value is -0.810. The third-order valence-electron chi connectivity index (χ3n) is 2.31. The Balaban J connectivity index is 4.46. The highest BCUT2D eigenvalue weighted by Crippen LogP contribution is 2.22. The van der Waals surface area contributed by atoms with Gasteiger partial charge in [0.05, 0.1) is 17.7 Å². The predicted molar refractivity (Wildman–Crippen MR) is 61.1 cm³/mol. The van der Waals surface area contributed by atoms with Crippen LogP contribution in [-0.2, 0) is 10.0 Å². The quantitative estimate of drug-likeness (QED) is 0.720. The summed E-state index contributed by atoms with van der Waals surface area (Å²) in [5.41, 5.74) is 0. The minimum Gasteiger partial charge on any atom is -0.212 e. The molecule has 1 atom stereocenters. The monoisotopic (exact) mass is 286 g/mol. The molecule has 106 valence electrons. The number of rotatable bonds is 7. The molecule has 4 nitrogen and oxygen atoms in total. The van der Waals surface area contributed by atoms with Crippen molar-refractivity contribution in [2.75, 3.05) is 18.8 Å². The Bertz CT molecular complexity index is 387. The number of hydrogen-bond donors (Lipinski definition) is 0. The lowest BCUT2D eigenvalue weighted by atomic mass is 10.2. The van der Waals surface area contributed by atoms with Crippen LogP contribution in [0, 0.1) is 17.2 Å². The van der Waals surface area contributed by atoms with E-state index in [0.717, 1.165) is 4.31 Å². The smallest absolute Gasteiger partial charge is 0.212 e. The van der Waals surface area contributed by atoms with E-state index in [4.69, 9.17) is 5.26 Å². The van der Waals surface area contributed by atoms with Gasteiger partial charge in [0.25, 0.3) is 0 Å². The van der Waals surface area contributed by atoms with Gasteiger partial charge in [-0.2, -0.15) is 18.4 Å². The standard InChI is InChI=1S/C10H17F3N2O2S/c1-3-15(8-9(2)7-14)18(16,17)6-4-5-10(11,12)13/h9H,3-6,8H2,1-2H3. The van der Waals surface area contributed by atoms with Gasteiger partial charge in [-0.15, -0.1) is 0 Å². The molecule has 0 N–H and O–H groups in total. The van der Waals surface area contributed by atoms with Crippen molar-refractivity contribution in [3.63, 3.8) is 0 Å². The topological polar surface area (TPSA) is 61.2 Å².